The molecule has 4 heteroatoms. The molecule has 2 aliphatic carbocycles. The minimum atomic E-state index is 0.710. The lowest BCUT2D eigenvalue weighted by Gasteiger charge is -2.34. The molecule has 1 aromatic heterocycles. The molecule has 1 aromatic rings. The van der Waals surface area contributed by atoms with Crippen LogP contribution in [0.1, 0.15) is 50.3 Å². The highest BCUT2D eigenvalue weighted by molar-refractivity contribution is 5.04. The van der Waals surface area contributed by atoms with Crippen LogP contribution in [-0.4, -0.2) is 39.9 Å². The summed E-state index contributed by atoms with van der Waals surface area (Å²) in [6.45, 7) is 3.43. The van der Waals surface area contributed by atoms with Crippen LogP contribution in [0.4, 0.5) is 0 Å². The molecule has 4 nitrogen and oxygen atoms in total. The third kappa shape index (κ3) is 2.70. The fourth-order valence-electron chi connectivity index (χ4n) is 3.29. The average Bonchev–Trinajstić information content (AvgIpc) is 3.37. The van der Waals surface area contributed by atoms with Crippen LogP contribution in [0.3, 0.4) is 0 Å². The zero-order valence-corrected chi connectivity index (χ0v) is 11.6. The van der Waals surface area contributed by atoms with Crippen molar-refractivity contribution in [2.75, 3.05) is 13.1 Å². The molecular formula is C15H24N4. The maximum absolute atomic E-state index is 4.78. The SMILES string of the molecule is c1cn(C2CC2)nc1CN(C1CCNCC1)C1CC1. The number of hydrogen-bond acceptors (Lipinski definition) is 3. The molecule has 2 heterocycles. The molecular weight excluding hydrogens is 236 g/mol. The highest BCUT2D eigenvalue weighted by Crippen LogP contribution is 2.35. The second-order valence-electron chi connectivity index (χ2n) is 6.40. The monoisotopic (exact) mass is 260 g/mol. The Morgan fingerprint density at radius 3 is 2.53 bits per heavy atom. The summed E-state index contributed by atoms with van der Waals surface area (Å²) in [4.78, 5) is 2.74. The van der Waals surface area contributed by atoms with E-state index >= 15 is 0 Å². The Bertz CT molecular complexity index is 427. The van der Waals surface area contributed by atoms with Crippen molar-refractivity contribution in [2.24, 2.45) is 0 Å². The summed E-state index contributed by atoms with van der Waals surface area (Å²) in [6, 6.07) is 4.56. The number of nitrogens with one attached hydrogen (secondary N) is 1. The summed E-state index contributed by atoms with van der Waals surface area (Å²) >= 11 is 0. The van der Waals surface area contributed by atoms with Crippen molar-refractivity contribution in [3.05, 3.63) is 18.0 Å². The van der Waals surface area contributed by atoms with Gasteiger partial charge in [-0.25, -0.2) is 0 Å². The molecule has 3 aliphatic rings. The summed E-state index contributed by atoms with van der Waals surface area (Å²) < 4.78 is 2.18. The number of piperidine rings is 1. The first-order chi connectivity index (χ1) is 9.40. The van der Waals surface area contributed by atoms with Crippen LogP contribution >= 0.6 is 0 Å². The molecule has 4 rings (SSSR count). The third-order valence-electron chi connectivity index (χ3n) is 4.72. The second-order valence-corrected chi connectivity index (χ2v) is 6.40. The quantitative estimate of drug-likeness (QED) is 0.878. The lowest BCUT2D eigenvalue weighted by Crippen LogP contribution is -2.43. The molecule has 1 N–H and O–H groups in total. The summed E-state index contributed by atoms with van der Waals surface area (Å²) in [6.07, 6.45) is 10.2. The minimum absolute atomic E-state index is 0.710. The van der Waals surface area contributed by atoms with Crippen molar-refractivity contribution in [2.45, 2.75) is 63.2 Å². The summed E-state index contributed by atoms with van der Waals surface area (Å²) in [5.41, 5.74) is 1.28. The van der Waals surface area contributed by atoms with E-state index in [1.54, 1.807) is 0 Å². The first-order valence-electron chi connectivity index (χ1n) is 7.90. The van der Waals surface area contributed by atoms with Crippen LogP contribution < -0.4 is 5.32 Å². The van der Waals surface area contributed by atoms with E-state index in [1.807, 2.05) is 0 Å². The number of nitrogens with zero attached hydrogens (tertiary/aromatic N) is 3. The van der Waals surface area contributed by atoms with Crippen LogP contribution in [0.5, 0.6) is 0 Å². The third-order valence-corrected chi connectivity index (χ3v) is 4.72. The van der Waals surface area contributed by atoms with E-state index < -0.39 is 0 Å². The van der Waals surface area contributed by atoms with E-state index in [2.05, 4.69) is 27.2 Å². The molecule has 104 valence electrons. The van der Waals surface area contributed by atoms with E-state index in [9.17, 15) is 0 Å². The molecule has 0 unspecified atom stereocenters. The lowest BCUT2D eigenvalue weighted by molar-refractivity contribution is 0.143. The van der Waals surface area contributed by atoms with Crippen molar-refractivity contribution < 1.29 is 0 Å². The Morgan fingerprint density at radius 1 is 1.11 bits per heavy atom. The second kappa shape index (κ2) is 4.91. The first-order valence-corrected chi connectivity index (χ1v) is 7.90. The smallest absolute Gasteiger partial charge is 0.0765 e. The van der Waals surface area contributed by atoms with Gasteiger partial charge in [0.15, 0.2) is 0 Å². The zero-order chi connectivity index (χ0) is 12.7. The molecule has 19 heavy (non-hydrogen) atoms. The van der Waals surface area contributed by atoms with Crippen molar-refractivity contribution in [3.63, 3.8) is 0 Å². The molecule has 2 saturated carbocycles. The molecule has 0 bridgehead atoms. The van der Waals surface area contributed by atoms with Gasteiger partial charge in [-0.15, -0.1) is 0 Å². The van der Waals surface area contributed by atoms with Crippen molar-refractivity contribution in [1.82, 2.24) is 20.0 Å². The maximum Gasteiger partial charge on any atom is 0.0765 e. The number of hydrogen-bond donors (Lipinski definition) is 1. The Morgan fingerprint density at radius 2 is 1.84 bits per heavy atom. The average molecular weight is 260 g/mol. The van der Waals surface area contributed by atoms with E-state index in [-0.39, 0.29) is 0 Å². The van der Waals surface area contributed by atoms with Gasteiger partial charge in [0.25, 0.3) is 0 Å². The predicted molar refractivity (Wildman–Crippen MR) is 75.0 cm³/mol. The van der Waals surface area contributed by atoms with Gasteiger partial charge in [-0.1, -0.05) is 0 Å². The van der Waals surface area contributed by atoms with Gasteiger partial charge in [0, 0.05) is 24.8 Å². The van der Waals surface area contributed by atoms with Gasteiger partial charge >= 0.3 is 0 Å². The highest BCUT2D eigenvalue weighted by atomic mass is 15.3. The Balaban J connectivity index is 1.44. The summed E-state index contributed by atoms with van der Waals surface area (Å²) in [5, 5.41) is 8.25. The number of aromatic nitrogens is 2. The van der Waals surface area contributed by atoms with Gasteiger partial charge in [-0.3, -0.25) is 9.58 Å². The predicted octanol–water partition coefficient (Wildman–Crippen LogP) is 1.93. The fourth-order valence-corrected chi connectivity index (χ4v) is 3.29. The van der Waals surface area contributed by atoms with Crippen LogP contribution in [0, 0.1) is 0 Å². The normalized spacial score (nSPS) is 25.1. The lowest BCUT2D eigenvalue weighted by atomic mass is 10.0. The van der Waals surface area contributed by atoms with Gasteiger partial charge < -0.3 is 5.32 Å². The Kier molecular flexibility index (Phi) is 3.08. The molecule has 3 fully saturated rings. The van der Waals surface area contributed by atoms with Crippen molar-refractivity contribution >= 4 is 0 Å². The standard InChI is InChI=1S/C15H24N4/c1-2-13(1)18(14-5-8-16-9-6-14)11-12-7-10-19(17-12)15-3-4-15/h7,10,13-16H,1-6,8-9,11H2. The summed E-state index contributed by atoms with van der Waals surface area (Å²) in [5.74, 6) is 0. The largest absolute Gasteiger partial charge is 0.317 e. The molecule has 0 atom stereocenters. The van der Waals surface area contributed by atoms with E-state index in [0.29, 0.717) is 6.04 Å². The topological polar surface area (TPSA) is 33.1 Å². The molecule has 0 aromatic carbocycles. The van der Waals surface area contributed by atoms with E-state index in [0.717, 1.165) is 18.6 Å². The summed E-state index contributed by atoms with van der Waals surface area (Å²) in [7, 11) is 0. The number of rotatable bonds is 5. The van der Waals surface area contributed by atoms with Crippen molar-refractivity contribution in [3.8, 4) is 0 Å². The van der Waals surface area contributed by atoms with Crippen molar-refractivity contribution in [1.29, 1.82) is 0 Å². The molecule has 0 amide bonds. The van der Waals surface area contributed by atoms with E-state index in [1.165, 1.54) is 57.3 Å². The minimum Gasteiger partial charge on any atom is -0.317 e. The van der Waals surface area contributed by atoms with Crippen LogP contribution in [0.25, 0.3) is 0 Å². The van der Waals surface area contributed by atoms with Crippen LogP contribution in [-0.2, 0) is 6.54 Å². The van der Waals surface area contributed by atoms with Gasteiger partial charge in [-0.05, 0) is 57.7 Å². The maximum atomic E-state index is 4.78. The van der Waals surface area contributed by atoms with Gasteiger partial charge in [-0.2, -0.15) is 5.10 Å². The molecule has 0 spiro atoms. The van der Waals surface area contributed by atoms with Crippen LogP contribution in [0.2, 0.25) is 0 Å². The van der Waals surface area contributed by atoms with E-state index in [4.69, 9.17) is 5.10 Å². The first kappa shape index (κ1) is 11.9. The molecule has 0 radical (unpaired) electrons. The molecule has 1 saturated heterocycles. The van der Waals surface area contributed by atoms with Gasteiger partial charge in [0.2, 0.25) is 0 Å². The highest BCUT2D eigenvalue weighted by Gasteiger charge is 2.35. The fraction of sp³-hybridized carbons (Fsp3) is 0.800. The van der Waals surface area contributed by atoms with Crippen LogP contribution in [0.15, 0.2) is 12.3 Å². The zero-order valence-electron chi connectivity index (χ0n) is 11.6. The Labute approximate surface area is 115 Å². The Hall–Kier alpha value is -0.870. The molecule has 1 aliphatic heterocycles. The van der Waals surface area contributed by atoms with Gasteiger partial charge in [0.1, 0.15) is 0 Å². The van der Waals surface area contributed by atoms with Gasteiger partial charge in [0.05, 0.1) is 11.7 Å².